The summed E-state index contributed by atoms with van der Waals surface area (Å²) in [5.74, 6) is 0.115. The number of nitrogen functional groups attached to an aromatic ring is 1. The molecular formula is C13H19N3O3. The minimum Gasteiger partial charge on any atom is -0.465 e. The van der Waals surface area contributed by atoms with E-state index in [4.69, 9.17) is 10.5 Å². The molecule has 19 heavy (non-hydrogen) atoms. The predicted octanol–water partition coefficient (Wildman–Crippen LogP) is 0.802. The number of rotatable bonds is 2. The molecule has 0 amide bonds. The van der Waals surface area contributed by atoms with E-state index in [9.17, 15) is 9.90 Å². The van der Waals surface area contributed by atoms with E-state index in [1.54, 1.807) is 6.07 Å². The molecular weight excluding hydrogens is 246 g/mol. The van der Waals surface area contributed by atoms with Crippen LogP contribution in [0.25, 0.3) is 0 Å². The number of esters is 1. The zero-order valence-corrected chi connectivity index (χ0v) is 11.2. The smallest absolute Gasteiger partial charge is 0.341 e. The second kappa shape index (κ2) is 5.05. The lowest BCUT2D eigenvalue weighted by atomic mass is 9.93. The number of hydrogen-bond acceptors (Lipinski definition) is 6. The average molecular weight is 265 g/mol. The van der Waals surface area contributed by atoms with E-state index < -0.39 is 11.6 Å². The number of aromatic nitrogens is 1. The van der Waals surface area contributed by atoms with E-state index in [1.807, 2.05) is 11.8 Å². The van der Waals surface area contributed by atoms with Crippen LogP contribution in [0.4, 0.5) is 11.5 Å². The first-order chi connectivity index (χ1) is 8.93. The highest BCUT2D eigenvalue weighted by atomic mass is 16.5. The third-order valence-electron chi connectivity index (χ3n) is 3.43. The molecule has 0 aliphatic carbocycles. The molecule has 2 rings (SSSR count). The van der Waals surface area contributed by atoms with Crippen LogP contribution in [-0.4, -0.2) is 41.9 Å². The van der Waals surface area contributed by atoms with Crippen molar-refractivity contribution in [2.75, 3.05) is 30.8 Å². The summed E-state index contributed by atoms with van der Waals surface area (Å²) in [6.07, 6.45) is 2.80. The first kappa shape index (κ1) is 13.6. The Morgan fingerprint density at radius 2 is 2.16 bits per heavy atom. The molecule has 0 atom stereocenters. The van der Waals surface area contributed by atoms with E-state index in [-0.39, 0.29) is 0 Å². The summed E-state index contributed by atoms with van der Waals surface area (Å²) >= 11 is 0. The quantitative estimate of drug-likeness (QED) is 0.769. The largest absolute Gasteiger partial charge is 0.465 e. The topological polar surface area (TPSA) is 88.7 Å². The van der Waals surface area contributed by atoms with Crippen LogP contribution in [0, 0.1) is 0 Å². The van der Waals surface area contributed by atoms with Crippen LogP contribution < -0.4 is 10.6 Å². The van der Waals surface area contributed by atoms with Crippen molar-refractivity contribution in [1.29, 1.82) is 0 Å². The van der Waals surface area contributed by atoms with Gasteiger partial charge in [0.2, 0.25) is 0 Å². The van der Waals surface area contributed by atoms with Crippen molar-refractivity contribution in [3.05, 3.63) is 17.8 Å². The zero-order valence-electron chi connectivity index (χ0n) is 11.2. The van der Waals surface area contributed by atoms with Gasteiger partial charge in [0.1, 0.15) is 11.4 Å². The number of anilines is 2. The van der Waals surface area contributed by atoms with Crippen molar-refractivity contribution >= 4 is 17.5 Å². The molecule has 104 valence electrons. The van der Waals surface area contributed by atoms with Crippen molar-refractivity contribution in [2.24, 2.45) is 0 Å². The molecule has 2 heterocycles. The Kier molecular flexibility index (Phi) is 3.61. The van der Waals surface area contributed by atoms with Gasteiger partial charge in [-0.2, -0.15) is 0 Å². The lowest BCUT2D eigenvalue weighted by Gasteiger charge is -2.36. The summed E-state index contributed by atoms with van der Waals surface area (Å²) in [7, 11) is 1.33. The summed E-state index contributed by atoms with van der Waals surface area (Å²) < 4.78 is 4.75. The van der Waals surface area contributed by atoms with Gasteiger partial charge in [0.05, 0.1) is 24.6 Å². The van der Waals surface area contributed by atoms with Crippen molar-refractivity contribution in [3.8, 4) is 0 Å². The molecule has 0 saturated carbocycles. The lowest BCUT2D eigenvalue weighted by molar-refractivity contribution is 0.0349. The monoisotopic (exact) mass is 265 g/mol. The van der Waals surface area contributed by atoms with Gasteiger partial charge < -0.3 is 20.5 Å². The number of ether oxygens (including phenoxy) is 1. The Morgan fingerprint density at radius 3 is 2.74 bits per heavy atom. The lowest BCUT2D eigenvalue weighted by Crippen LogP contribution is -2.43. The Balaban J connectivity index is 2.27. The molecule has 1 aromatic heterocycles. The number of piperidine rings is 1. The summed E-state index contributed by atoms with van der Waals surface area (Å²) in [5, 5.41) is 9.95. The highest BCUT2D eigenvalue weighted by Gasteiger charge is 2.29. The Hall–Kier alpha value is -1.82. The first-order valence-corrected chi connectivity index (χ1v) is 6.24. The van der Waals surface area contributed by atoms with Crippen LogP contribution in [0.3, 0.4) is 0 Å². The second-order valence-corrected chi connectivity index (χ2v) is 5.12. The fourth-order valence-electron chi connectivity index (χ4n) is 2.19. The average Bonchev–Trinajstić information content (AvgIpc) is 2.38. The number of nitrogens with zero attached hydrogens (tertiary/aromatic N) is 2. The van der Waals surface area contributed by atoms with Crippen LogP contribution in [0.5, 0.6) is 0 Å². The van der Waals surface area contributed by atoms with E-state index >= 15 is 0 Å². The normalized spacial score (nSPS) is 18.2. The van der Waals surface area contributed by atoms with Gasteiger partial charge >= 0.3 is 5.97 Å². The number of carbonyl (C=O) groups is 1. The Bertz CT molecular complexity index is 478. The van der Waals surface area contributed by atoms with Crippen molar-refractivity contribution < 1.29 is 14.6 Å². The molecule has 1 aliphatic rings. The minimum atomic E-state index is -0.643. The maximum atomic E-state index is 11.8. The molecule has 0 radical (unpaired) electrons. The molecule has 6 nitrogen and oxygen atoms in total. The number of pyridine rings is 1. The molecule has 6 heteroatoms. The van der Waals surface area contributed by atoms with Crippen molar-refractivity contribution in [3.63, 3.8) is 0 Å². The second-order valence-electron chi connectivity index (χ2n) is 5.12. The SMILES string of the molecule is COC(=O)c1cc(N)cnc1N1CCC(C)(O)CC1. The molecule has 1 fully saturated rings. The molecule has 1 saturated heterocycles. The molecule has 1 aliphatic heterocycles. The number of hydrogen-bond donors (Lipinski definition) is 2. The van der Waals surface area contributed by atoms with Gasteiger partial charge in [0, 0.05) is 13.1 Å². The standard InChI is InChI=1S/C13H19N3O3/c1-13(18)3-5-16(6-4-13)11-10(12(17)19-2)7-9(14)8-15-11/h7-8,18H,3-6,14H2,1-2H3. The zero-order chi connectivity index (χ0) is 14.0. The van der Waals surface area contributed by atoms with Crippen LogP contribution in [-0.2, 0) is 4.74 Å². The van der Waals surface area contributed by atoms with Crippen LogP contribution in [0.1, 0.15) is 30.1 Å². The third kappa shape index (κ3) is 2.96. The van der Waals surface area contributed by atoms with Crippen molar-refractivity contribution in [2.45, 2.75) is 25.4 Å². The molecule has 1 aromatic rings. The fraction of sp³-hybridized carbons (Fsp3) is 0.538. The molecule has 0 spiro atoms. The number of carbonyl (C=O) groups excluding carboxylic acids is 1. The third-order valence-corrected chi connectivity index (χ3v) is 3.43. The minimum absolute atomic E-state index is 0.365. The predicted molar refractivity (Wildman–Crippen MR) is 72.1 cm³/mol. The molecule has 0 aromatic carbocycles. The van der Waals surface area contributed by atoms with Gasteiger partial charge in [-0.1, -0.05) is 0 Å². The van der Waals surface area contributed by atoms with Gasteiger partial charge in [0.25, 0.3) is 0 Å². The maximum absolute atomic E-state index is 11.8. The summed E-state index contributed by atoms with van der Waals surface area (Å²) in [6.45, 7) is 3.11. The first-order valence-electron chi connectivity index (χ1n) is 6.24. The van der Waals surface area contributed by atoms with Gasteiger partial charge in [-0.25, -0.2) is 9.78 Å². The van der Waals surface area contributed by atoms with E-state index in [1.165, 1.54) is 13.3 Å². The van der Waals surface area contributed by atoms with Gasteiger partial charge in [-0.15, -0.1) is 0 Å². The van der Waals surface area contributed by atoms with Gasteiger partial charge in [0.15, 0.2) is 0 Å². The Labute approximate surface area is 112 Å². The van der Waals surface area contributed by atoms with Crippen LogP contribution in [0.15, 0.2) is 12.3 Å². The highest BCUT2D eigenvalue weighted by molar-refractivity contribution is 5.95. The molecule has 0 bridgehead atoms. The number of aliphatic hydroxyl groups is 1. The highest BCUT2D eigenvalue weighted by Crippen LogP contribution is 2.27. The van der Waals surface area contributed by atoms with Crippen molar-refractivity contribution in [1.82, 2.24) is 4.98 Å². The summed E-state index contributed by atoms with van der Waals surface area (Å²) in [5.41, 5.74) is 5.81. The van der Waals surface area contributed by atoms with E-state index in [0.29, 0.717) is 43.0 Å². The van der Waals surface area contributed by atoms with Crippen LogP contribution >= 0.6 is 0 Å². The summed E-state index contributed by atoms with van der Waals surface area (Å²) in [6, 6.07) is 1.57. The molecule has 3 N–H and O–H groups in total. The van der Waals surface area contributed by atoms with Crippen LogP contribution in [0.2, 0.25) is 0 Å². The molecule has 0 unspecified atom stereocenters. The number of nitrogens with two attached hydrogens (primary N) is 1. The van der Waals surface area contributed by atoms with Gasteiger partial charge in [-0.3, -0.25) is 0 Å². The number of methoxy groups -OCH3 is 1. The fourth-order valence-corrected chi connectivity index (χ4v) is 2.19. The van der Waals surface area contributed by atoms with E-state index in [0.717, 1.165) is 0 Å². The van der Waals surface area contributed by atoms with Gasteiger partial charge in [-0.05, 0) is 25.8 Å². The van der Waals surface area contributed by atoms with E-state index in [2.05, 4.69) is 4.98 Å². The maximum Gasteiger partial charge on any atom is 0.341 e. The summed E-state index contributed by atoms with van der Waals surface area (Å²) in [4.78, 5) is 18.0. The Morgan fingerprint density at radius 1 is 1.53 bits per heavy atom.